The summed E-state index contributed by atoms with van der Waals surface area (Å²) in [6.45, 7) is 5.34. The molecule has 0 aromatic rings. The molecular formula is C17H22O5. The van der Waals surface area contributed by atoms with Gasteiger partial charge in [-0.15, -0.1) is 0 Å². The van der Waals surface area contributed by atoms with Gasteiger partial charge in [0.05, 0.1) is 6.26 Å². The second kappa shape index (κ2) is 5.88. The average Bonchev–Trinajstić information content (AvgIpc) is 3.02. The Hall–Kier alpha value is -1.62. The first-order valence-electron chi connectivity index (χ1n) is 7.82. The molecule has 2 heterocycles. The Bertz CT molecular complexity index is 543. The van der Waals surface area contributed by atoms with Crippen LogP contribution in [0.25, 0.3) is 0 Å². The predicted octanol–water partition coefficient (Wildman–Crippen LogP) is 2.71. The third-order valence-corrected chi connectivity index (χ3v) is 4.73. The smallest absolute Gasteiger partial charge is 0.304 e. The number of ketones is 1. The summed E-state index contributed by atoms with van der Waals surface area (Å²) in [5, 5.41) is 0. The molecule has 3 aliphatic rings. The second-order valence-electron chi connectivity index (χ2n) is 6.53. The molecule has 1 aliphatic carbocycles. The first-order valence-corrected chi connectivity index (χ1v) is 7.82. The summed E-state index contributed by atoms with van der Waals surface area (Å²) in [5.41, 5.74) is 1.89. The van der Waals surface area contributed by atoms with Gasteiger partial charge in [0, 0.05) is 30.8 Å². The van der Waals surface area contributed by atoms with Crippen LogP contribution < -0.4 is 0 Å². The summed E-state index contributed by atoms with van der Waals surface area (Å²) < 4.78 is 16.6. The van der Waals surface area contributed by atoms with E-state index in [4.69, 9.17) is 14.2 Å². The van der Waals surface area contributed by atoms with Gasteiger partial charge in [-0.05, 0) is 32.6 Å². The summed E-state index contributed by atoms with van der Waals surface area (Å²) in [4.78, 5) is 23.6. The first-order chi connectivity index (χ1) is 10.5. The first kappa shape index (κ1) is 15.3. The molecule has 1 saturated heterocycles. The molecule has 0 radical (unpaired) electrons. The van der Waals surface area contributed by atoms with Gasteiger partial charge in [0.1, 0.15) is 0 Å². The standard InChI is InChI=1S/C17H22O5/c1-9(2)4-7-14(19)13-8-20-17-15-11(13)5-6-12(15)16(22-17)21-10(3)18/h4,8,11-12,15-17H,5-7H2,1-3H3. The Balaban J connectivity index is 1.74. The van der Waals surface area contributed by atoms with Gasteiger partial charge in [-0.25, -0.2) is 0 Å². The van der Waals surface area contributed by atoms with Crippen LogP contribution in [0.3, 0.4) is 0 Å². The number of hydrogen-bond donors (Lipinski definition) is 0. The van der Waals surface area contributed by atoms with E-state index in [2.05, 4.69) is 0 Å². The molecule has 0 bridgehead atoms. The number of ether oxygens (including phenoxy) is 3. The zero-order valence-corrected chi connectivity index (χ0v) is 13.2. The van der Waals surface area contributed by atoms with Crippen LogP contribution in [0.1, 0.15) is 40.0 Å². The van der Waals surface area contributed by atoms with E-state index in [1.807, 2.05) is 19.9 Å². The highest BCUT2D eigenvalue weighted by atomic mass is 16.8. The van der Waals surface area contributed by atoms with Crippen LogP contribution in [0, 0.1) is 17.8 Å². The van der Waals surface area contributed by atoms with E-state index in [1.165, 1.54) is 6.92 Å². The van der Waals surface area contributed by atoms with Crippen LogP contribution in [0.15, 0.2) is 23.5 Å². The van der Waals surface area contributed by atoms with Crippen molar-refractivity contribution in [2.75, 3.05) is 0 Å². The van der Waals surface area contributed by atoms with Gasteiger partial charge in [0.2, 0.25) is 12.6 Å². The van der Waals surface area contributed by atoms with Crippen molar-refractivity contribution in [3.05, 3.63) is 23.5 Å². The molecule has 5 heteroatoms. The van der Waals surface area contributed by atoms with Gasteiger partial charge < -0.3 is 14.2 Å². The van der Waals surface area contributed by atoms with Crippen molar-refractivity contribution in [2.24, 2.45) is 17.8 Å². The summed E-state index contributed by atoms with van der Waals surface area (Å²) >= 11 is 0. The van der Waals surface area contributed by atoms with Crippen molar-refractivity contribution in [1.29, 1.82) is 0 Å². The van der Waals surface area contributed by atoms with Crippen LogP contribution in [0.4, 0.5) is 0 Å². The zero-order valence-electron chi connectivity index (χ0n) is 13.2. The van der Waals surface area contributed by atoms with Crippen LogP contribution >= 0.6 is 0 Å². The summed E-state index contributed by atoms with van der Waals surface area (Å²) in [6, 6.07) is 0. The maximum atomic E-state index is 12.4. The normalized spacial score (nSPS) is 35.2. The Morgan fingerprint density at radius 2 is 2.09 bits per heavy atom. The van der Waals surface area contributed by atoms with Gasteiger partial charge >= 0.3 is 5.97 Å². The number of rotatable bonds is 4. The molecule has 120 valence electrons. The molecule has 0 aromatic heterocycles. The second-order valence-corrected chi connectivity index (χ2v) is 6.53. The maximum absolute atomic E-state index is 12.4. The van der Waals surface area contributed by atoms with Crippen molar-refractivity contribution in [3.8, 4) is 0 Å². The molecule has 0 N–H and O–H groups in total. The Morgan fingerprint density at radius 1 is 1.32 bits per heavy atom. The lowest BCUT2D eigenvalue weighted by atomic mass is 9.82. The van der Waals surface area contributed by atoms with Crippen LogP contribution in [-0.2, 0) is 23.8 Å². The van der Waals surface area contributed by atoms with Crippen LogP contribution in [-0.4, -0.2) is 24.3 Å². The lowest BCUT2D eigenvalue weighted by Crippen LogP contribution is -2.32. The van der Waals surface area contributed by atoms with Crippen LogP contribution in [0.2, 0.25) is 0 Å². The van der Waals surface area contributed by atoms with E-state index in [0.29, 0.717) is 6.42 Å². The zero-order chi connectivity index (χ0) is 15.9. The molecule has 5 atom stereocenters. The summed E-state index contributed by atoms with van der Waals surface area (Å²) in [7, 11) is 0. The van der Waals surface area contributed by atoms with Gasteiger partial charge in [-0.2, -0.15) is 0 Å². The van der Waals surface area contributed by atoms with Gasteiger partial charge in [-0.1, -0.05) is 11.6 Å². The number of carbonyl (C=O) groups excluding carboxylic acids is 2. The fourth-order valence-corrected chi connectivity index (χ4v) is 3.77. The highest BCUT2D eigenvalue weighted by Crippen LogP contribution is 2.53. The van der Waals surface area contributed by atoms with Crippen molar-refractivity contribution in [1.82, 2.24) is 0 Å². The van der Waals surface area contributed by atoms with E-state index in [-0.39, 0.29) is 29.5 Å². The third-order valence-electron chi connectivity index (χ3n) is 4.73. The van der Waals surface area contributed by atoms with E-state index < -0.39 is 12.6 Å². The maximum Gasteiger partial charge on any atom is 0.304 e. The topological polar surface area (TPSA) is 61.8 Å². The molecule has 3 rings (SSSR count). The number of Topliss-reactive ketones (excluding diaryl/α,β-unsaturated/α-hetero) is 1. The molecule has 2 aliphatic heterocycles. The quantitative estimate of drug-likeness (QED) is 0.590. The molecule has 5 unspecified atom stereocenters. The minimum atomic E-state index is -0.543. The van der Waals surface area contributed by atoms with Gasteiger partial charge in [0.15, 0.2) is 5.78 Å². The SMILES string of the molecule is CC(=O)OC1OC2OC=C(C(=O)CC=C(C)C)C3CCC1C23. The monoisotopic (exact) mass is 306 g/mol. The molecule has 0 amide bonds. The molecule has 22 heavy (non-hydrogen) atoms. The van der Waals surface area contributed by atoms with E-state index in [9.17, 15) is 9.59 Å². The fraction of sp³-hybridized carbons (Fsp3) is 0.647. The van der Waals surface area contributed by atoms with Crippen molar-refractivity contribution in [3.63, 3.8) is 0 Å². The van der Waals surface area contributed by atoms with E-state index in [0.717, 1.165) is 24.0 Å². The highest BCUT2D eigenvalue weighted by molar-refractivity contribution is 5.96. The predicted molar refractivity (Wildman–Crippen MR) is 78.4 cm³/mol. The minimum absolute atomic E-state index is 0.111. The number of carbonyl (C=O) groups is 2. The molecule has 2 fully saturated rings. The van der Waals surface area contributed by atoms with E-state index in [1.54, 1.807) is 6.26 Å². The largest absolute Gasteiger partial charge is 0.472 e. The Labute approximate surface area is 130 Å². The highest BCUT2D eigenvalue weighted by Gasteiger charge is 2.57. The van der Waals surface area contributed by atoms with Crippen molar-refractivity contribution >= 4 is 11.8 Å². The lowest BCUT2D eigenvalue weighted by molar-refractivity contribution is -0.208. The number of hydrogen-bond acceptors (Lipinski definition) is 5. The molecule has 1 saturated carbocycles. The summed E-state index contributed by atoms with van der Waals surface area (Å²) in [6.07, 6.45) is 4.77. The van der Waals surface area contributed by atoms with E-state index >= 15 is 0 Å². The Morgan fingerprint density at radius 3 is 2.77 bits per heavy atom. The van der Waals surface area contributed by atoms with Gasteiger partial charge in [-0.3, -0.25) is 9.59 Å². The molecule has 0 aromatic carbocycles. The fourth-order valence-electron chi connectivity index (χ4n) is 3.77. The minimum Gasteiger partial charge on any atom is -0.472 e. The van der Waals surface area contributed by atoms with Gasteiger partial charge in [0.25, 0.3) is 0 Å². The Kier molecular flexibility index (Phi) is 4.08. The average molecular weight is 306 g/mol. The number of allylic oxidation sites excluding steroid dienone is 3. The lowest BCUT2D eigenvalue weighted by Gasteiger charge is -2.29. The van der Waals surface area contributed by atoms with Crippen molar-refractivity contribution in [2.45, 2.75) is 52.6 Å². The molecular weight excluding hydrogens is 284 g/mol. The third kappa shape index (κ3) is 2.70. The number of esters is 1. The summed E-state index contributed by atoms with van der Waals surface area (Å²) in [5.74, 6) is 0.155. The molecule has 0 spiro atoms. The van der Waals surface area contributed by atoms with Crippen molar-refractivity contribution < 1.29 is 23.8 Å². The van der Waals surface area contributed by atoms with Crippen LogP contribution in [0.5, 0.6) is 0 Å². The molecule has 5 nitrogen and oxygen atoms in total.